The number of aromatic amines is 1. The lowest BCUT2D eigenvalue weighted by molar-refractivity contribution is -0.143. The number of rotatable bonds is 14. The molecule has 0 bridgehead atoms. The Labute approximate surface area is 382 Å². The van der Waals surface area contributed by atoms with Gasteiger partial charge in [-0.05, 0) is 94.0 Å². The van der Waals surface area contributed by atoms with Gasteiger partial charge in [0.15, 0.2) is 28.7 Å². The highest BCUT2D eigenvalue weighted by molar-refractivity contribution is 6.07. The molecule has 66 heavy (non-hydrogen) atoms. The molecule has 2 saturated carbocycles. The molecule has 0 radical (unpaired) electrons. The van der Waals surface area contributed by atoms with Gasteiger partial charge in [0.1, 0.15) is 29.3 Å². The van der Waals surface area contributed by atoms with E-state index in [4.69, 9.17) is 33.5 Å². The lowest BCUT2D eigenvalue weighted by Crippen LogP contribution is -2.55. The molecule has 18 heteroatoms. The highest BCUT2D eigenvalue weighted by atomic mass is 16.7. The van der Waals surface area contributed by atoms with Gasteiger partial charge >= 0.3 is 6.09 Å². The Hall–Kier alpha value is -6.59. The Kier molecular flexibility index (Phi) is 12.3. The Bertz CT molecular complexity index is 2530. The summed E-state index contributed by atoms with van der Waals surface area (Å²) in [5.41, 5.74) is 3.66. The van der Waals surface area contributed by atoms with Crippen LogP contribution in [0, 0.1) is 17.8 Å². The molecular formula is C48H56N8O10. The van der Waals surface area contributed by atoms with Crippen molar-refractivity contribution in [1.82, 2.24) is 35.1 Å². The Morgan fingerprint density at radius 1 is 0.848 bits per heavy atom. The second-order valence-corrected chi connectivity index (χ2v) is 18.0. The summed E-state index contributed by atoms with van der Waals surface area (Å²) in [5, 5.41) is 9.54. The van der Waals surface area contributed by atoms with Gasteiger partial charge in [-0.1, -0.05) is 12.8 Å². The van der Waals surface area contributed by atoms with Crippen molar-refractivity contribution in [3.63, 3.8) is 0 Å². The zero-order valence-electron chi connectivity index (χ0n) is 37.4. The van der Waals surface area contributed by atoms with Crippen molar-refractivity contribution in [3.8, 4) is 45.8 Å². The molecule has 2 aromatic heterocycles. The molecule has 2 N–H and O–H groups in total. The van der Waals surface area contributed by atoms with E-state index in [0.29, 0.717) is 103 Å². The second kappa shape index (κ2) is 18.7. The standard InChI is InChI=1S/C48H56N8O10/c1-61-34-13-11-29(23-37(34)62-2)41-31-7-3-4-8-32(31)46(58)56(53-41)30-17-21-55(22-18-30)47(59)33(12-16-39(57)54-19-5-6-20-54)52-48(60)66-38-24-49-44-42(38)50-26-51-43(44)40-35(63-25-28-9-10-28)14-15-36-45(40)65-27-64-36/h11,13-15,23-24,26,28,30-33,49H,3-10,12,16-22,25,27H2,1-2H3,(H,52,60)/t31-,32+,33+/m0/s1. The smallest absolute Gasteiger partial charge is 0.413 e. The molecule has 348 valence electrons. The van der Waals surface area contributed by atoms with Gasteiger partial charge in [-0.3, -0.25) is 14.4 Å². The maximum Gasteiger partial charge on any atom is 0.413 e. The summed E-state index contributed by atoms with van der Waals surface area (Å²) in [7, 11) is 3.20. The van der Waals surface area contributed by atoms with Crippen molar-refractivity contribution in [2.45, 2.75) is 89.1 Å². The minimum Gasteiger partial charge on any atom is -0.493 e. The van der Waals surface area contributed by atoms with Gasteiger partial charge in [0.25, 0.3) is 0 Å². The number of benzene rings is 2. The van der Waals surface area contributed by atoms with Gasteiger partial charge < -0.3 is 48.5 Å². The number of aromatic nitrogens is 3. The summed E-state index contributed by atoms with van der Waals surface area (Å²) in [6.45, 7) is 2.65. The number of piperidine rings is 1. The van der Waals surface area contributed by atoms with E-state index < -0.39 is 12.1 Å². The Morgan fingerprint density at radius 2 is 1.62 bits per heavy atom. The maximum absolute atomic E-state index is 14.4. The van der Waals surface area contributed by atoms with Crippen molar-refractivity contribution in [2.24, 2.45) is 22.9 Å². The fraction of sp³-hybridized carbons (Fsp3) is 0.521. The number of H-pyrrole nitrogens is 1. The molecule has 18 nitrogen and oxygen atoms in total. The van der Waals surface area contributed by atoms with Gasteiger partial charge in [0, 0.05) is 56.2 Å². The number of ether oxygens (including phenoxy) is 6. The lowest BCUT2D eigenvalue weighted by atomic mass is 9.73. The molecule has 0 unspecified atom stereocenters. The minimum atomic E-state index is -1.06. The largest absolute Gasteiger partial charge is 0.493 e. The molecule has 2 aliphatic carbocycles. The van der Waals surface area contributed by atoms with E-state index in [1.54, 1.807) is 29.0 Å². The Balaban J connectivity index is 0.853. The molecule has 0 spiro atoms. The van der Waals surface area contributed by atoms with E-state index in [0.717, 1.165) is 62.6 Å². The number of nitrogens with one attached hydrogen (secondary N) is 2. The first-order chi connectivity index (χ1) is 32.3. The molecule has 2 saturated heterocycles. The van der Waals surface area contributed by atoms with Crippen LogP contribution in [0.1, 0.15) is 82.6 Å². The summed E-state index contributed by atoms with van der Waals surface area (Å²) in [6, 6.07) is 8.14. The topological polar surface area (TPSA) is 199 Å². The fourth-order valence-electron chi connectivity index (χ4n) is 10.1. The monoisotopic (exact) mass is 904 g/mol. The zero-order valence-corrected chi connectivity index (χ0v) is 37.4. The van der Waals surface area contributed by atoms with Crippen molar-refractivity contribution in [2.75, 3.05) is 53.8 Å². The van der Waals surface area contributed by atoms with Gasteiger partial charge in [-0.25, -0.2) is 19.8 Å². The summed E-state index contributed by atoms with van der Waals surface area (Å²) in [6.07, 6.45) is 11.0. The number of carbonyl (C=O) groups is 4. The quantitative estimate of drug-likeness (QED) is 0.149. The first kappa shape index (κ1) is 43.3. The van der Waals surface area contributed by atoms with Crippen LogP contribution in [0.5, 0.6) is 34.5 Å². The molecular weight excluding hydrogens is 849 g/mol. The summed E-state index contributed by atoms with van der Waals surface area (Å²) < 4.78 is 34.8. The van der Waals surface area contributed by atoms with Gasteiger partial charge in [-0.2, -0.15) is 5.10 Å². The van der Waals surface area contributed by atoms with Gasteiger partial charge in [-0.15, -0.1) is 0 Å². The highest BCUT2D eigenvalue weighted by Gasteiger charge is 2.44. The van der Waals surface area contributed by atoms with Gasteiger partial charge in [0.2, 0.25) is 24.5 Å². The summed E-state index contributed by atoms with van der Waals surface area (Å²) in [4.78, 5) is 71.4. The maximum atomic E-state index is 14.4. The van der Waals surface area contributed by atoms with E-state index in [2.05, 4.69) is 20.3 Å². The average molecular weight is 905 g/mol. The first-order valence-electron chi connectivity index (χ1n) is 23.3. The summed E-state index contributed by atoms with van der Waals surface area (Å²) in [5.74, 6) is 2.97. The lowest BCUT2D eigenvalue weighted by Gasteiger charge is -2.43. The number of hydrazone groups is 1. The predicted molar refractivity (Wildman–Crippen MR) is 240 cm³/mol. The third-order valence-corrected chi connectivity index (χ3v) is 13.9. The average Bonchev–Trinajstić information content (AvgIpc) is 3.65. The normalized spacial score (nSPS) is 21.0. The Morgan fingerprint density at radius 3 is 2.39 bits per heavy atom. The van der Waals surface area contributed by atoms with Crippen LogP contribution in [0.2, 0.25) is 0 Å². The van der Waals surface area contributed by atoms with Crippen molar-refractivity contribution in [1.29, 1.82) is 0 Å². The van der Waals surface area contributed by atoms with Crippen LogP contribution in [-0.2, 0) is 14.4 Å². The number of amides is 4. The first-order valence-corrected chi connectivity index (χ1v) is 23.3. The van der Waals surface area contributed by atoms with E-state index in [1.165, 1.54) is 12.5 Å². The third-order valence-electron chi connectivity index (χ3n) is 13.9. The molecule has 2 aromatic carbocycles. The fourth-order valence-corrected chi connectivity index (χ4v) is 10.1. The molecule has 10 rings (SSSR count). The second-order valence-electron chi connectivity index (χ2n) is 18.0. The molecule has 4 aromatic rings. The van der Waals surface area contributed by atoms with Crippen LogP contribution >= 0.6 is 0 Å². The van der Waals surface area contributed by atoms with Crippen LogP contribution < -0.4 is 33.7 Å². The number of carbonyl (C=O) groups excluding carboxylic acids is 4. The third kappa shape index (κ3) is 8.64. The van der Waals surface area contributed by atoms with Crippen LogP contribution in [0.4, 0.5) is 4.79 Å². The number of likely N-dealkylation sites (tertiary alicyclic amines) is 2. The molecule has 4 fully saturated rings. The van der Waals surface area contributed by atoms with Crippen molar-refractivity contribution >= 4 is 40.6 Å². The van der Waals surface area contributed by atoms with E-state index in [-0.39, 0.29) is 61.0 Å². The number of methoxy groups -OCH3 is 2. The zero-order chi connectivity index (χ0) is 45.3. The van der Waals surface area contributed by atoms with Crippen LogP contribution in [0.3, 0.4) is 0 Å². The van der Waals surface area contributed by atoms with Crippen LogP contribution in [-0.4, -0.2) is 125 Å². The van der Waals surface area contributed by atoms with E-state index >= 15 is 0 Å². The number of hydrogen-bond acceptors (Lipinski definition) is 13. The van der Waals surface area contributed by atoms with Crippen molar-refractivity contribution < 1.29 is 47.6 Å². The van der Waals surface area contributed by atoms with Crippen LogP contribution in [0.15, 0.2) is 48.0 Å². The summed E-state index contributed by atoms with van der Waals surface area (Å²) >= 11 is 0. The van der Waals surface area contributed by atoms with Gasteiger partial charge in [0.05, 0.1) is 43.7 Å². The number of hydrogen-bond donors (Lipinski definition) is 2. The molecule has 6 aliphatic rings. The number of nitrogens with zero attached hydrogens (tertiary/aromatic N) is 6. The SMILES string of the molecule is COc1ccc(C2=NN(C3CCN(C(=O)[C@@H](CCC(=O)N4CCCC4)NC(=O)Oc4c[nH]c5c(-c6c(OCC7CC7)ccc7c6OCO7)ncnc45)CC3)C(=O)[C@@H]3CCCC[C@H]23)cc1OC. The van der Waals surface area contributed by atoms with E-state index in [9.17, 15) is 19.2 Å². The van der Waals surface area contributed by atoms with Crippen molar-refractivity contribution in [3.05, 3.63) is 48.4 Å². The number of fused-ring (bicyclic) bond motifs is 3. The molecule has 4 amide bonds. The molecule has 6 heterocycles. The molecule has 4 aliphatic heterocycles. The molecule has 3 atom stereocenters. The van der Waals surface area contributed by atoms with Crippen LogP contribution in [0.25, 0.3) is 22.3 Å². The highest BCUT2D eigenvalue weighted by Crippen LogP contribution is 2.49. The minimum absolute atomic E-state index is 0.00846. The predicted octanol–water partition coefficient (Wildman–Crippen LogP) is 6.06. The van der Waals surface area contributed by atoms with E-state index in [1.807, 2.05) is 30.3 Å².